The summed E-state index contributed by atoms with van der Waals surface area (Å²) < 4.78 is 11.7. The smallest absolute Gasteiger partial charge is 0.255 e. The number of benzene rings is 1. The number of nitrogens with one attached hydrogen (secondary N) is 1. The van der Waals surface area contributed by atoms with Gasteiger partial charge in [0.25, 0.3) is 5.91 Å². The summed E-state index contributed by atoms with van der Waals surface area (Å²) in [5.74, 6) is 2.02. The molecule has 0 aliphatic rings. The van der Waals surface area contributed by atoms with Gasteiger partial charge in [-0.15, -0.1) is 0 Å². The van der Waals surface area contributed by atoms with Gasteiger partial charge in [-0.25, -0.2) is 4.98 Å². The Hall–Kier alpha value is -3.02. The first kappa shape index (κ1) is 17.8. The monoisotopic (exact) mass is 353 g/mol. The summed E-state index contributed by atoms with van der Waals surface area (Å²) in [5.41, 5.74) is 2.22. The molecule has 2 heterocycles. The number of furan rings is 1. The van der Waals surface area contributed by atoms with Gasteiger partial charge in [-0.1, -0.05) is 6.07 Å². The molecule has 0 aliphatic carbocycles. The van der Waals surface area contributed by atoms with Crippen molar-refractivity contribution < 1.29 is 13.9 Å². The lowest BCUT2D eigenvalue weighted by Crippen LogP contribution is -2.23. The minimum atomic E-state index is -0.136. The van der Waals surface area contributed by atoms with E-state index in [4.69, 9.17) is 9.15 Å². The fraction of sp³-hybridized carbons (Fsp3) is 0.300. The fourth-order valence-corrected chi connectivity index (χ4v) is 2.93. The van der Waals surface area contributed by atoms with Crippen LogP contribution < -0.4 is 15.0 Å². The molecule has 0 atom stereocenters. The molecule has 1 amide bonds. The van der Waals surface area contributed by atoms with E-state index >= 15 is 0 Å². The normalized spacial score (nSPS) is 10.8. The number of pyridine rings is 1. The van der Waals surface area contributed by atoms with Crippen LogP contribution in [0.2, 0.25) is 0 Å². The van der Waals surface area contributed by atoms with Crippen LogP contribution in [0.1, 0.15) is 28.6 Å². The predicted octanol–water partition coefficient (Wildman–Crippen LogP) is 3.53. The molecule has 0 radical (unpaired) electrons. The summed E-state index contributed by atoms with van der Waals surface area (Å²) in [7, 11) is 3.90. The molecule has 3 rings (SSSR count). The Morgan fingerprint density at radius 3 is 2.85 bits per heavy atom. The Morgan fingerprint density at radius 2 is 2.12 bits per heavy atom. The van der Waals surface area contributed by atoms with Gasteiger partial charge >= 0.3 is 0 Å². The number of aromatic nitrogens is 1. The van der Waals surface area contributed by atoms with Gasteiger partial charge in [0, 0.05) is 37.8 Å². The molecule has 2 aromatic heterocycles. The number of nitrogens with zero attached hydrogens (tertiary/aromatic N) is 2. The highest BCUT2D eigenvalue weighted by molar-refractivity contribution is 6.07. The highest BCUT2D eigenvalue weighted by atomic mass is 16.5. The van der Waals surface area contributed by atoms with Crippen molar-refractivity contribution in [2.75, 3.05) is 25.5 Å². The number of fused-ring (bicyclic) bond motifs is 1. The molecular weight excluding hydrogens is 330 g/mol. The molecule has 1 aromatic carbocycles. The number of ether oxygens (including phenoxy) is 1. The van der Waals surface area contributed by atoms with Crippen LogP contribution in [0.4, 0.5) is 5.82 Å². The van der Waals surface area contributed by atoms with E-state index in [0.29, 0.717) is 35.8 Å². The second-order valence-electron chi connectivity index (χ2n) is 6.22. The van der Waals surface area contributed by atoms with Crippen LogP contribution in [0.5, 0.6) is 5.75 Å². The molecule has 0 saturated heterocycles. The second kappa shape index (κ2) is 7.47. The minimum absolute atomic E-state index is 0.136. The van der Waals surface area contributed by atoms with Crippen molar-refractivity contribution in [2.24, 2.45) is 0 Å². The summed E-state index contributed by atoms with van der Waals surface area (Å²) in [6.45, 7) is 4.64. The number of hydrogen-bond donors (Lipinski definition) is 1. The maximum atomic E-state index is 12.3. The van der Waals surface area contributed by atoms with E-state index in [1.165, 1.54) is 0 Å². The molecule has 6 heteroatoms. The standard InChI is InChI=1S/C20H23N3O3/c1-5-21-20(24)18-13(2)26-17-9-8-15(11-16(17)18)25-12-14-7-6-10-22-19(14)23(3)4/h6-11H,5,12H2,1-4H3,(H,21,24). The summed E-state index contributed by atoms with van der Waals surface area (Å²) in [5, 5.41) is 3.58. The van der Waals surface area contributed by atoms with Crippen LogP contribution in [-0.4, -0.2) is 31.5 Å². The van der Waals surface area contributed by atoms with E-state index in [1.54, 1.807) is 13.1 Å². The molecule has 0 spiro atoms. The Morgan fingerprint density at radius 1 is 1.31 bits per heavy atom. The van der Waals surface area contributed by atoms with Crippen LogP contribution in [-0.2, 0) is 6.61 Å². The van der Waals surface area contributed by atoms with E-state index in [2.05, 4.69) is 10.3 Å². The maximum absolute atomic E-state index is 12.3. The first-order valence-corrected chi connectivity index (χ1v) is 8.56. The van der Waals surface area contributed by atoms with Crippen LogP contribution in [0, 0.1) is 6.92 Å². The van der Waals surface area contributed by atoms with Crippen LogP contribution in [0.25, 0.3) is 11.0 Å². The van der Waals surface area contributed by atoms with Gasteiger partial charge in [-0.05, 0) is 38.1 Å². The van der Waals surface area contributed by atoms with Crippen molar-refractivity contribution >= 4 is 22.7 Å². The fourth-order valence-electron chi connectivity index (χ4n) is 2.93. The Kier molecular flexibility index (Phi) is 5.11. The number of carbonyl (C=O) groups excluding carboxylic acids is 1. The first-order chi connectivity index (χ1) is 12.5. The van der Waals surface area contributed by atoms with E-state index in [9.17, 15) is 4.79 Å². The lowest BCUT2D eigenvalue weighted by atomic mass is 10.1. The lowest BCUT2D eigenvalue weighted by molar-refractivity contribution is 0.0955. The SMILES string of the molecule is CCNC(=O)c1c(C)oc2ccc(OCc3cccnc3N(C)C)cc12. The number of rotatable bonds is 6. The van der Waals surface area contributed by atoms with Crippen molar-refractivity contribution in [3.8, 4) is 5.75 Å². The molecule has 0 aliphatic heterocycles. The number of anilines is 1. The van der Waals surface area contributed by atoms with Gasteiger partial charge in [-0.2, -0.15) is 0 Å². The summed E-state index contributed by atoms with van der Waals surface area (Å²) >= 11 is 0. The second-order valence-corrected chi connectivity index (χ2v) is 6.22. The molecule has 0 fully saturated rings. The van der Waals surface area contributed by atoms with E-state index in [-0.39, 0.29) is 5.91 Å². The average molecular weight is 353 g/mol. The van der Waals surface area contributed by atoms with E-state index < -0.39 is 0 Å². The Labute approximate surface area is 152 Å². The average Bonchev–Trinajstić information content (AvgIpc) is 2.95. The number of amides is 1. The van der Waals surface area contributed by atoms with Gasteiger partial charge in [0.15, 0.2) is 0 Å². The van der Waals surface area contributed by atoms with Crippen molar-refractivity contribution in [1.82, 2.24) is 10.3 Å². The summed E-state index contributed by atoms with van der Waals surface area (Å²) in [4.78, 5) is 18.7. The van der Waals surface area contributed by atoms with Crippen LogP contribution >= 0.6 is 0 Å². The van der Waals surface area contributed by atoms with Gasteiger partial charge in [0.05, 0.1) is 5.56 Å². The third kappa shape index (κ3) is 3.49. The summed E-state index contributed by atoms with van der Waals surface area (Å²) in [6, 6.07) is 9.40. The van der Waals surface area contributed by atoms with Gasteiger partial charge in [0.1, 0.15) is 29.5 Å². The molecule has 6 nitrogen and oxygen atoms in total. The minimum Gasteiger partial charge on any atom is -0.489 e. The zero-order valence-electron chi connectivity index (χ0n) is 15.5. The largest absolute Gasteiger partial charge is 0.489 e. The Bertz CT molecular complexity index is 931. The quantitative estimate of drug-likeness (QED) is 0.734. The third-order valence-electron chi connectivity index (χ3n) is 4.09. The molecule has 3 aromatic rings. The van der Waals surface area contributed by atoms with E-state index in [0.717, 1.165) is 16.8 Å². The maximum Gasteiger partial charge on any atom is 0.255 e. The zero-order chi connectivity index (χ0) is 18.7. The first-order valence-electron chi connectivity index (χ1n) is 8.56. The topological polar surface area (TPSA) is 67.6 Å². The van der Waals surface area contributed by atoms with Gasteiger partial charge in [0.2, 0.25) is 0 Å². The predicted molar refractivity (Wildman–Crippen MR) is 102 cm³/mol. The van der Waals surface area contributed by atoms with Crippen molar-refractivity contribution in [2.45, 2.75) is 20.5 Å². The molecular formula is C20H23N3O3. The molecule has 0 bridgehead atoms. The lowest BCUT2D eigenvalue weighted by Gasteiger charge is -2.16. The summed E-state index contributed by atoms with van der Waals surface area (Å²) in [6.07, 6.45) is 1.76. The Balaban J connectivity index is 1.88. The van der Waals surface area contributed by atoms with Crippen LogP contribution in [0.15, 0.2) is 40.9 Å². The molecule has 0 unspecified atom stereocenters. The van der Waals surface area contributed by atoms with Crippen molar-refractivity contribution in [3.63, 3.8) is 0 Å². The van der Waals surface area contributed by atoms with Crippen molar-refractivity contribution in [3.05, 3.63) is 53.4 Å². The molecule has 136 valence electrons. The number of carbonyl (C=O) groups is 1. The zero-order valence-corrected chi connectivity index (χ0v) is 15.5. The van der Waals surface area contributed by atoms with Gasteiger partial charge < -0.3 is 19.4 Å². The van der Waals surface area contributed by atoms with Crippen LogP contribution in [0.3, 0.4) is 0 Å². The molecule has 1 N–H and O–H groups in total. The number of aryl methyl sites for hydroxylation is 1. The molecule has 26 heavy (non-hydrogen) atoms. The van der Waals surface area contributed by atoms with Gasteiger partial charge in [-0.3, -0.25) is 4.79 Å². The third-order valence-corrected chi connectivity index (χ3v) is 4.09. The highest BCUT2D eigenvalue weighted by Crippen LogP contribution is 2.29. The highest BCUT2D eigenvalue weighted by Gasteiger charge is 2.18. The molecule has 0 saturated carbocycles. The van der Waals surface area contributed by atoms with E-state index in [1.807, 2.05) is 56.3 Å². The number of hydrogen-bond acceptors (Lipinski definition) is 5. The van der Waals surface area contributed by atoms with Crippen molar-refractivity contribution in [1.29, 1.82) is 0 Å².